The van der Waals surface area contributed by atoms with E-state index in [-0.39, 0.29) is 0 Å². The number of benzene rings is 2. The van der Waals surface area contributed by atoms with E-state index in [1.807, 2.05) is 37.3 Å². The Morgan fingerprint density at radius 1 is 1.09 bits per heavy atom. The fourth-order valence-electron chi connectivity index (χ4n) is 2.80. The van der Waals surface area contributed by atoms with E-state index < -0.39 is 5.97 Å². The molecule has 0 saturated carbocycles. The van der Waals surface area contributed by atoms with E-state index in [0.29, 0.717) is 22.2 Å². The van der Waals surface area contributed by atoms with Crippen LogP contribution in [0.2, 0.25) is 0 Å². The van der Waals surface area contributed by atoms with E-state index in [1.54, 1.807) is 6.07 Å². The second-order valence-corrected chi connectivity index (χ2v) is 5.83. The van der Waals surface area contributed by atoms with Gasteiger partial charge in [0.05, 0.1) is 16.8 Å². The Bertz CT molecular complexity index is 867. The maximum atomic E-state index is 11.6. The Morgan fingerprint density at radius 3 is 2.48 bits per heavy atom. The summed E-state index contributed by atoms with van der Waals surface area (Å²) in [4.78, 5) is 16.3. The Kier molecular flexibility index (Phi) is 4.11. The number of rotatable bonds is 4. The molecule has 3 aromatic rings. The van der Waals surface area contributed by atoms with Crippen molar-refractivity contribution in [2.45, 2.75) is 26.7 Å². The van der Waals surface area contributed by atoms with Gasteiger partial charge in [0.2, 0.25) is 0 Å². The smallest absolute Gasteiger partial charge is 0.336 e. The molecule has 23 heavy (non-hydrogen) atoms. The highest BCUT2D eigenvalue weighted by Crippen LogP contribution is 2.26. The number of carbonyl (C=O) groups is 1. The van der Waals surface area contributed by atoms with Crippen molar-refractivity contribution in [1.82, 2.24) is 4.98 Å². The molecule has 0 saturated heterocycles. The maximum Gasteiger partial charge on any atom is 0.336 e. The number of aromatic nitrogens is 1. The van der Waals surface area contributed by atoms with E-state index in [4.69, 9.17) is 0 Å². The maximum absolute atomic E-state index is 11.6. The third-order valence-electron chi connectivity index (χ3n) is 3.98. The molecule has 0 amide bonds. The summed E-state index contributed by atoms with van der Waals surface area (Å²) < 4.78 is 0. The second-order valence-electron chi connectivity index (χ2n) is 5.83. The molecule has 0 spiro atoms. The SMILES string of the molecule is CCCc1ccc(-c2cc(C(=O)O)c3cc(C)ccc3n2)cc1. The van der Waals surface area contributed by atoms with Gasteiger partial charge < -0.3 is 5.11 Å². The van der Waals surface area contributed by atoms with Gasteiger partial charge in [-0.2, -0.15) is 0 Å². The van der Waals surface area contributed by atoms with Crippen molar-refractivity contribution < 1.29 is 9.90 Å². The van der Waals surface area contributed by atoms with Crippen LogP contribution < -0.4 is 0 Å². The molecule has 0 unspecified atom stereocenters. The van der Waals surface area contributed by atoms with Gasteiger partial charge in [0.1, 0.15) is 0 Å². The quantitative estimate of drug-likeness (QED) is 0.748. The molecule has 0 aliphatic rings. The first-order chi connectivity index (χ1) is 11.1. The summed E-state index contributed by atoms with van der Waals surface area (Å²) in [5, 5.41) is 10.2. The van der Waals surface area contributed by atoms with Gasteiger partial charge in [-0.15, -0.1) is 0 Å². The van der Waals surface area contributed by atoms with Gasteiger partial charge in [-0.05, 0) is 37.1 Å². The van der Waals surface area contributed by atoms with Gasteiger partial charge in [-0.1, -0.05) is 49.2 Å². The molecule has 3 nitrogen and oxygen atoms in total. The van der Waals surface area contributed by atoms with Crippen molar-refractivity contribution in [2.75, 3.05) is 0 Å². The zero-order valence-corrected chi connectivity index (χ0v) is 13.3. The zero-order chi connectivity index (χ0) is 16.4. The van der Waals surface area contributed by atoms with Gasteiger partial charge in [0.15, 0.2) is 0 Å². The van der Waals surface area contributed by atoms with Crippen LogP contribution in [0.25, 0.3) is 22.2 Å². The molecule has 3 heteroatoms. The van der Waals surface area contributed by atoms with Gasteiger partial charge in [0, 0.05) is 10.9 Å². The van der Waals surface area contributed by atoms with Gasteiger partial charge >= 0.3 is 5.97 Å². The average Bonchev–Trinajstić information content (AvgIpc) is 2.55. The molecule has 0 atom stereocenters. The number of nitrogens with zero attached hydrogens (tertiary/aromatic N) is 1. The van der Waals surface area contributed by atoms with Crippen molar-refractivity contribution >= 4 is 16.9 Å². The van der Waals surface area contributed by atoms with Gasteiger partial charge in [-0.3, -0.25) is 0 Å². The van der Waals surface area contributed by atoms with Crippen LogP contribution in [0, 0.1) is 6.92 Å². The summed E-state index contributed by atoms with van der Waals surface area (Å²) in [5.41, 5.74) is 4.95. The number of hydrogen-bond donors (Lipinski definition) is 1. The van der Waals surface area contributed by atoms with Crippen LogP contribution in [0.15, 0.2) is 48.5 Å². The average molecular weight is 305 g/mol. The second kappa shape index (κ2) is 6.21. The number of aryl methyl sites for hydroxylation is 2. The highest BCUT2D eigenvalue weighted by Gasteiger charge is 2.13. The van der Waals surface area contributed by atoms with E-state index in [1.165, 1.54) is 5.56 Å². The lowest BCUT2D eigenvalue weighted by Crippen LogP contribution is -2.00. The van der Waals surface area contributed by atoms with Crippen LogP contribution >= 0.6 is 0 Å². The van der Waals surface area contributed by atoms with E-state index in [2.05, 4.69) is 24.0 Å². The standard InChI is InChI=1S/C20H19NO2/c1-3-4-14-6-8-15(9-7-14)19-12-17(20(22)23)16-11-13(2)5-10-18(16)21-19/h5-12H,3-4H2,1-2H3,(H,22,23). The summed E-state index contributed by atoms with van der Waals surface area (Å²) in [6.07, 6.45) is 2.15. The first-order valence-electron chi connectivity index (χ1n) is 7.82. The summed E-state index contributed by atoms with van der Waals surface area (Å²) >= 11 is 0. The van der Waals surface area contributed by atoms with E-state index in [9.17, 15) is 9.90 Å². The van der Waals surface area contributed by atoms with Crippen LogP contribution in [0.1, 0.15) is 34.8 Å². The van der Waals surface area contributed by atoms with Crippen LogP contribution in [0.3, 0.4) is 0 Å². The van der Waals surface area contributed by atoms with Crippen LogP contribution in [-0.2, 0) is 6.42 Å². The van der Waals surface area contributed by atoms with E-state index in [0.717, 1.165) is 24.0 Å². The molecule has 0 aliphatic heterocycles. The largest absolute Gasteiger partial charge is 0.478 e. The monoisotopic (exact) mass is 305 g/mol. The van der Waals surface area contributed by atoms with E-state index >= 15 is 0 Å². The molecule has 116 valence electrons. The lowest BCUT2D eigenvalue weighted by molar-refractivity contribution is 0.0699. The first-order valence-corrected chi connectivity index (χ1v) is 7.82. The third kappa shape index (κ3) is 3.09. The Labute approximate surface area is 135 Å². The molecule has 0 aliphatic carbocycles. The van der Waals surface area contributed by atoms with Crippen LogP contribution in [0.4, 0.5) is 0 Å². The number of hydrogen-bond acceptors (Lipinski definition) is 2. The minimum absolute atomic E-state index is 0.298. The van der Waals surface area contributed by atoms with Gasteiger partial charge in [0.25, 0.3) is 0 Å². The van der Waals surface area contributed by atoms with Crippen molar-refractivity contribution in [3.8, 4) is 11.3 Å². The highest BCUT2D eigenvalue weighted by atomic mass is 16.4. The molecule has 2 aromatic carbocycles. The summed E-state index contributed by atoms with van der Waals surface area (Å²) in [6, 6.07) is 15.6. The molecule has 0 bridgehead atoms. The fourth-order valence-corrected chi connectivity index (χ4v) is 2.80. The molecule has 1 aromatic heterocycles. The Hall–Kier alpha value is -2.68. The molecule has 1 heterocycles. The predicted molar refractivity (Wildman–Crippen MR) is 92.9 cm³/mol. The molecule has 1 N–H and O–H groups in total. The lowest BCUT2D eigenvalue weighted by atomic mass is 10.0. The van der Waals surface area contributed by atoms with Gasteiger partial charge in [-0.25, -0.2) is 9.78 Å². The molecular formula is C20H19NO2. The number of aromatic carboxylic acids is 1. The third-order valence-corrected chi connectivity index (χ3v) is 3.98. The number of carboxylic acid groups (broad SMARTS) is 1. The summed E-state index contributed by atoms with van der Waals surface area (Å²) in [6.45, 7) is 4.10. The highest BCUT2D eigenvalue weighted by molar-refractivity contribution is 6.03. The van der Waals surface area contributed by atoms with Crippen LogP contribution in [-0.4, -0.2) is 16.1 Å². The molecule has 3 rings (SSSR count). The van der Waals surface area contributed by atoms with Crippen molar-refractivity contribution in [3.05, 3.63) is 65.2 Å². The first kappa shape index (κ1) is 15.2. The Balaban J connectivity index is 2.14. The predicted octanol–water partition coefficient (Wildman–Crippen LogP) is 4.86. The lowest BCUT2D eigenvalue weighted by Gasteiger charge is -2.08. The normalized spacial score (nSPS) is 10.9. The Morgan fingerprint density at radius 2 is 1.83 bits per heavy atom. The minimum atomic E-state index is -0.924. The summed E-state index contributed by atoms with van der Waals surface area (Å²) in [5.74, 6) is -0.924. The number of fused-ring (bicyclic) bond motifs is 1. The van der Waals surface area contributed by atoms with Crippen LogP contribution in [0.5, 0.6) is 0 Å². The minimum Gasteiger partial charge on any atom is -0.478 e. The topological polar surface area (TPSA) is 50.2 Å². The fraction of sp³-hybridized carbons (Fsp3) is 0.200. The van der Waals surface area contributed by atoms with Crippen molar-refractivity contribution in [1.29, 1.82) is 0 Å². The zero-order valence-electron chi connectivity index (χ0n) is 13.3. The van der Waals surface area contributed by atoms with Crippen molar-refractivity contribution in [3.63, 3.8) is 0 Å². The summed E-state index contributed by atoms with van der Waals surface area (Å²) in [7, 11) is 0. The van der Waals surface area contributed by atoms with Crippen molar-refractivity contribution in [2.24, 2.45) is 0 Å². The number of carboxylic acids is 1. The molecular weight excluding hydrogens is 286 g/mol. The molecule has 0 radical (unpaired) electrons. The number of pyridine rings is 1. The molecule has 0 fully saturated rings.